The van der Waals surface area contributed by atoms with E-state index in [-0.39, 0.29) is 23.4 Å². The molecule has 8 nitrogen and oxygen atoms in total. The summed E-state index contributed by atoms with van der Waals surface area (Å²) in [6.07, 6.45) is 0. The number of methoxy groups -OCH3 is 1. The van der Waals surface area contributed by atoms with Crippen molar-refractivity contribution in [1.29, 1.82) is 0 Å². The van der Waals surface area contributed by atoms with E-state index in [1.54, 1.807) is 0 Å². The number of piperazine rings is 1. The predicted molar refractivity (Wildman–Crippen MR) is 108 cm³/mol. The highest BCUT2D eigenvalue weighted by Crippen LogP contribution is 2.29. The van der Waals surface area contributed by atoms with Gasteiger partial charge in [-0.3, -0.25) is 19.8 Å². The summed E-state index contributed by atoms with van der Waals surface area (Å²) < 4.78 is 5.19. The monoisotopic (exact) mass is 384 g/mol. The zero-order chi connectivity index (χ0) is 20.1. The third-order valence-electron chi connectivity index (χ3n) is 5.02. The number of anilines is 2. The summed E-state index contributed by atoms with van der Waals surface area (Å²) in [5, 5.41) is 13.7. The molecule has 1 atom stereocenters. The normalized spacial score (nSPS) is 15.7. The third-order valence-corrected chi connectivity index (χ3v) is 5.02. The van der Waals surface area contributed by atoms with E-state index in [0.29, 0.717) is 5.69 Å². The number of nitro benzene ring substituents is 1. The first-order valence-corrected chi connectivity index (χ1v) is 9.17. The summed E-state index contributed by atoms with van der Waals surface area (Å²) in [5.41, 5.74) is 1.53. The van der Waals surface area contributed by atoms with Gasteiger partial charge in [-0.1, -0.05) is 18.2 Å². The van der Waals surface area contributed by atoms with Gasteiger partial charge in [0.2, 0.25) is 5.91 Å². The summed E-state index contributed by atoms with van der Waals surface area (Å²) >= 11 is 0. The number of benzene rings is 2. The van der Waals surface area contributed by atoms with Crippen molar-refractivity contribution < 1.29 is 14.5 Å². The van der Waals surface area contributed by atoms with Crippen molar-refractivity contribution in [1.82, 2.24) is 4.90 Å². The van der Waals surface area contributed by atoms with Gasteiger partial charge in [-0.15, -0.1) is 0 Å². The van der Waals surface area contributed by atoms with Crippen LogP contribution in [-0.2, 0) is 4.79 Å². The first kappa shape index (κ1) is 19.6. The van der Waals surface area contributed by atoms with Gasteiger partial charge in [0.1, 0.15) is 5.75 Å². The Morgan fingerprint density at radius 3 is 2.43 bits per heavy atom. The summed E-state index contributed by atoms with van der Waals surface area (Å²) in [6.45, 7) is 5.12. The van der Waals surface area contributed by atoms with Crippen LogP contribution in [0.5, 0.6) is 5.75 Å². The predicted octanol–water partition coefficient (Wildman–Crippen LogP) is 2.75. The Kier molecular flexibility index (Phi) is 6.10. The summed E-state index contributed by atoms with van der Waals surface area (Å²) in [5.74, 6) is 0.101. The van der Waals surface area contributed by atoms with Crippen LogP contribution in [0.15, 0.2) is 48.5 Å². The minimum atomic E-state index is -0.497. The van der Waals surface area contributed by atoms with E-state index in [2.05, 4.69) is 27.2 Å². The van der Waals surface area contributed by atoms with Gasteiger partial charge in [0.15, 0.2) is 0 Å². The van der Waals surface area contributed by atoms with E-state index >= 15 is 0 Å². The maximum Gasteiger partial charge on any atom is 0.273 e. The molecule has 0 spiro atoms. The van der Waals surface area contributed by atoms with Crippen molar-refractivity contribution >= 4 is 23.0 Å². The van der Waals surface area contributed by atoms with Crippen molar-refractivity contribution in [3.63, 3.8) is 0 Å². The van der Waals surface area contributed by atoms with E-state index in [9.17, 15) is 14.9 Å². The quantitative estimate of drug-likeness (QED) is 0.609. The average molecular weight is 384 g/mol. The molecule has 2 aromatic rings. The molecule has 8 heteroatoms. The molecule has 0 radical (unpaired) electrons. The standard InChI is InChI=1S/C20H24N4O4/c1-15(22-10-12-23(13-11-22)16-6-4-3-5-7-16)20(25)21-18-9-8-17(24(26)27)14-19(18)28-2/h3-9,14-15H,10-13H2,1-2H3,(H,21,25)/t15-/m1/s1. The summed E-state index contributed by atoms with van der Waals surface area (Å²) in [6, 6.07) is 14.1. The van der Waals surface area contributed by atoms with Crippen LogP contribution >= 0.6 is 0 Å². The van der Waals surface area contributed by atoms with Gasteiger partial charge in [-0.2, -0.15) is 0 Å². The number of amides is 1. The zero-order valence-corrected chi connectivity index (χ0v) is 16.0. The molecular formula is C20H24N4O4. The molecule has 1 heterocycles. The lowest BCUT2D eigenvalue weighted by Gasteiger charge is -2.38. The van der Waals surface area contributed by atoms with Crippen LogP contribution in [0.4, 0.5) is 17.1 Å². The fourth-order valence-electron chi connectivity index (χ4n) is 3.31. The number of hydrogen-bond donors (Lipinski definition) is 1. The highest BCUT2D eigenvalue weighted by Gasteiger charge is 2.26. The molecule has 0 aliphatic carbocycles. The topological polar surface area (TPSA) is 87.9 Å². The first-order valence-electron chi connectivity index (χ1n) is 9.17. The minimum absolute atomic E-state index is 0.0834. The number of nitrogens with zero attached hydrogens (tertiary/aromatic N) is 3. The minimum Gasteiger partial charge on any atom is -0.494 e. The molecule has 0 unspecified atom stereocenters. The van der Waals surface area contributed by atoms with Crippen LogP contribution < -0.4 is 15.0 Å². The number of hydrogen-bond acceptors (Lipinski definition) is 6. The fraction of sp³-hybridized carbons (Fsp3) is 0.350. The second-order valence-corrected chi connectivity index (χ2v) is 6.67. The van der Waals surface area contributed by atoms with Gasteiger partial charge in [-0.25, -0.2) is 0 Å². The van der Waals surface area contributed by atoms with Crippen LogP contribution in [0.1, 0.15) is 6.92 Å². The first-order chi connectivity index (χ1) is 13.5. The second-order valence-electron chi connectivity index (χ2n) is 6.67. The maximum atomic E-state index is 12.7. The zero-order valence-electron chi connectivity index (χ0n) is 16.0. The molecule has 1 N–H and O–H groups in total. The van der Waals surface area contributed by atoms with E-state index in [1.807, 2.05) is 25.1 Å². The van der Waals surface area contributed by atoms with Crippen LogP contribution in [0.25, 0.3) is 0 Å². The van der Waals surface area contributed by atoms with Gasteiger partial charge in [0.05, 0.1) is 29.8 Å². The SMILES string of the molecule is COc1cc([N+](=O)[O-])ccc1NC(=O)[C@@H](C)N1CCN(c2ccccc2)CC1. The molecule has 2 aromatic carbocycles. The number of carbonyl (C=O) groups is 1. The van der Waals surface area contributed by atoms with Gasteiger partial charge in [0, 0.05) is 37.9 Å². The van der Waals surface area contributed by atoms with Gasteiger partial charge < -0.3 is 15.0 Å². The number of nitro groups is 1. The Balaban J connectivity index is 1.60. The van der Waals surface area contributed by atoms with Crippen molar-refractivity contribution in [2.45, 2.75) is 13.0 Å². The highest BCUT2D eigenvalue weighted by atomic mass is 16.6. The van der Waals surface area contributed by atoms with Crippen LogP contribution in [0.3, 0.4) is 0 Å². The van der Waals surface area contributed by atoms with E-state index < -0.39 is 4.92 Å². The molecule has 0 bridgehead atoms. The molecule has 0 aromatic heterocycles. The van der Waals surface area contributed by atoms with E-state index in [0.717, 1.165) is 26.2 Å². The van der Waals surface area contributed by atoms with Crippen LogP contribution in [0.2, 0.25) is 0 Å². The molecule has 1 fully saturated rings. The van der Waals surface area contributed by atoms with Crippen LogP contribution in [-0.4, -0.2) is 55.1 Å². The largest absolute Gasteiger partial charge is 0.494 e. The molecule has 1 aliphatic rings. The number of para-hydroxylation sites is 1. The van der Waals surface area contributed by atoms with Crippen molar-refractivity contribution in [2.75, 3.05) is 43.5 Å². The van der Waals surface area contributed by atoms with Crippen molar-refractivity contribution in [3.8, 4) is 5.75 Å². The van der Waals surface area contributed by atoms with Gasteiger partial charge in [0.25, 0.3) is 5.69 Å². The van der Waals surface area contributed by atoms with E-state index in [1.165, 1.54) is 31.0 Å². The molecule has 148 valence electrons. The smallest absolute Gasteiger partial charge is 0.273 e. The van der Waals surface area contributed by atoms with Crippen molar-refractivity contribution in [2.24, 2.45) is 0 Å². The maximum absolute atomic E-state index is 12.7. The number of carbonyl (C=O) groups excluding carboxylic acids is 1. The summed E-state index contributed by atoms with van der Waals surface area (Å²) in [4.78, 5) is 27.5. The second kappa shape index (κ2) is 8.71. The Bertz CT molecular complexity index is 835. The lowest BCUT2D eigenvalue weighted by atomic mass is 10.2. The molecular weight excluding hydrogens is 360 g/mol. The number of nitrogens with one attached hydrogen (secondary N) is 1. The number of rotatable bonds is 6. The molecule has 3 rings (SSSR count). The Morgan fingerprint density at radius 1 is 1.14 bits per heavy atom. The lowest BCUT2D eigenvalue weighted by molar-refractivity contribution is -0.384. The Hall–Kier alpha value is -3.13. The molecule has 1 saturated heterocycles. The van der Waals surface area contributed by atoms with E-state index in [4.69, 9.17) is 4.74 Å². The molecule has 1 aliphatic heterocycles. The van der Waals surface area contributed by atoms with Gasteiger partial charge >= 0.3 is 0 Å². The fourth-order valence-corrected chi connectivity index (χ4v) is 3.31. The molecule has 0 saturated carbocycles. The van der Waals surface area contributed by atoms with Crippen LogP contribution in [0, 0.1) is 10.1 Å². The highest BCUT2D eigenvalue weighted by molar-refractivity contribution is 5.96. The third kappa shape index (κ3) is 4.40. The van der Waals surface area contributed by atoms with Gasteiger partial charge in [-0.05, 0) is 25.1 Å². The Labute approximate surface area is 163 Å². The Morgan fingerprint density at radius 2 is 1.82 bits per heavy atom. The molecule has 28 heavy (non-hydrogen) atoms. The average Bonchev–Trinajstić information content (AvgIpc) is 2.74. The van der Waals surface area contributed by atoms with Crippen molar-refractivity contribution in [3.05, 3.63) is 58.6 Å². The summed E-state index contributed by atoms with van der Waals surface area (Å²) in [7, 11) is 1.42. The lowest BCUT2D eigenvalue weighted by Crippen LogP contribution is -2.52. The molecule has 1 amide bonds. The number of ether oxygens (including phenoxy) is 1. The number of non-ortho nitro benzene ring substituents is 1.